The Hall–Kier alpha value is -3.35. The molecule has 1 amide bonds. The summed E-state index contributed by atoms with van der Waals surface area (Å²) in [6.45, 7) is 0. The van der Waals surface area contributed by atoms with Crippen molar-refractivity contribution in [2.45, 2.75) is 12.8 Å². The average Bonchev–Trinajstić information content (AvgIpc) is 3.36. The fourth-order valence-electron chi connectivity index (χ4n) is 2.58. The predicted octanol–water partition coefficient (Wildman–Crippen LogP) is 2.71. The summed E-state index contributed by atoms with van der Waals surface area (Å²) in [6, 6.07) is 14.0. The number of nitrogens with one attached hydrogen (secondary N) is 2. The highest BCUT2D eigenvalue weighted by Crippen LogP contribution is 2.32. The van der Waals surface area contributed by atoms with Gasteiger partial charge in [-0.3, -0.25) is 9.59 Å². The molecule has 0 atom stereocenters. The van der Waals surface area contributed by atoms with Gasteiger partial charge in [0.25, 0.3) is 5.91 Å². The molecule has 0 radical (unpaired) electrons. The summed E-state index contributed by atoms with van der Waals surface area (Å²) in [4.78, 5) is 24.6. The van der Waals surface area contributed by atoms with Gasteiger partial charge in [-0.2, -0.15) is 5.21 Å². The lowest BCUT2D eigenvalue weighted by atomic mass is 10.0. The number of benzene rings is 2. The molecule has 1 aliphatic carbocycles. The second-order valence-electron chi connectivity index (χ2n) is 5.99. The third-order valence-electron chi connectivity index (χ3n) is 4.10. The van der Waals surface area contributed by atoms with Crippen LogP contribution in [-0.4, -0.2) is 32.3 Å². The van der Waals surface area contributed by atoms with E-state index in [4.69, 9.17) is 0 Å². The van der Waals surface area contributed by atoms with E-state index in [9.17, 15) is 9.59 Å². The van der Waals surface area contributed by atoms with Crippen LogP contribution >= 0.6 is 0 Å². The van der Waals surface area contributed by atoms with Gasteiger partial charge in [-0.15, -0.1) is 10.2 Å². The monoisotopic (exact) mass is 333 g/mol. The van der Waals surface area contributed by atoms with Crippen LogP contribution in [0.2, 0.25) is 0 Å². The first kappa shape index (κ1) is 15.2. The molecule has 124 valence electrons. The number of aromatic nitrogens is 4. The van der Waals surface area contributed by atoms with Crippen molar-refractivity contribution in [3.8, 4) is 11.4 Å². The second-order valence-corrected chi connectivity index (χ2v) is 5.99. The van der Waals surface area contributed by atoms with Crippen molar-refractivity contribution in [1.82, 2.24) is 20.6 Å². The number of hydrogen-bond acceptors (Lipinski definition) is 5. The third kappa shape index (κ3) is 3.30. The van der Waals surface area contributed by atoms with E-state index >= 15 is 0 Å². The van der Waals surface area contributed by atoms with Crippen molar-refractivity contribution >= 4 is 17.4 Å². The van der Waals surface area contributed by atoms with Crippen LogP contribution in [0.1, 0.15) is 33.6 Å². The minimum absolute atomic E-state index is 0.124. The Kier molecular flexibility index (Phi) is 3.81. The lowest BCUT2D eigenvalue weighted by molar-refractivity contribution is 0.0967. The number of aromatic amines is 1. The average molecular weight is 333 g/mol. The van der Waals surface area contributed by atoms with Crippen LogP contribution < -0.4 is 5.32 Å². The number of anilines is 1. The van der Waals surface area contributed by atoms with E-state index in [1.165, 1.54) is 0 Å². The van der Waals surface area contributed by atoms with Crippen LogP contribution in [0, 0.1) is 5.92 Å². The van der Waals surface area contributed by atoms with Gasteiger partial charge in [-0.25, -0.2) is 0 Å². The van der Waals surface area contributed by atoms with E-state index in [-0.39, 0.29) is 17.6 Å². The highest BCUT2D eigenvalue weighted by atomic mass is 16.1. The molecule has 1 saturated carbocycles. The van der Waals surface area contributed by atoms with E-state index in [1.807, 2.05) is 0 Å². The number of nitrogens with zero attached hydrogens (tertiary/aromatic N) is 3. The molecule has 1 aliphatic rings. The van der Waals surface area contributed by atoms with E-state index < -0.39 is 0 Å². The highest BCUT2D eigenvalue weighted by molar-refractivity contribution is 6.07. The Labute approximate surface area is 143 Å². The lowest BCUT2D eigenvalue weighted by Crippen LogP contribution is -2.13. The SMILES string of the molecule is O=C(Nc1ccc(-c2nn[nH]n2)cc1)c1cccc(C(=O)C2CC2)c1. The van der Waals surface area contributed by atoms with Crippen molar-refractivity contribution in [2.24, 2.45) is 5.92 Å². The normalized spacial score (nSPS) is 13.4. The number of rotatable bonds is 5. The van der Waals surface area contributed by atoms with E-state index in [2.05, 4.69) is 25.9 Å². The molecule has 1 heterocycles. The molecule has 2 N–H and O–H groups in total. The molecule has 0 spiro atoms. The highest BCUT2D eigenvalue weighted by Gasteiger charge is 2.30. The predicted molar refractivity (Wildman–Crippen MR) is 91.1 cm³/mol. The van der Waals surface area contributed by atoms with Gasteiger partial charge in [-0.05, 0) is 54.5 Å². The van der Waals surface area contributed by atoms with Gasteiger partial charge in [0.15, 0.2) is 5.78 Å². The van der Waals surface area contributed by atoms with Crippen molar-refractivity contribution in [1.29, 1.82) is 0 Å². The zero-order valence-electron chi connectivity index (χ0n) is 13.3. The molecular weight excluding hydrogens is 318 g/mol. The number of amides is 1. The summed E-state index contributed by atoms with van der Waals surface area (Å²) < 4.78 is 0. The molecule has 0 aliphatic heterocycles. The Bertz CT molecular complexity index is 915. The number of tetrazole rings is 1. The molecule has 0 bridgehead atoms. The largest absolute Gasteiger partial charge is 0.322 e. The standard InChI is InChI=1S/C18H15N5O2/c24-16(11-4-5-11)13-2-1-3-14(10-13)18(25)19-15-8-6-12(7-9-15)17-20-22-23-21-17/h1-3,6-11H,4-5H2,(H,19,25)(H,20,21,22,23). The van der Waals surface area contributed by atoms with Gasteiger partial charge in [-0.1, -0.05) is 12.1 Å². The Morgan fingerprint density at radius 1 is 1.04 bits per heavy atom. The van der Waals surface area contributed by atoms with Crippen LogP contribution in [0.4, 0.5) is 5.69 Å². The van der Waals surface area contributed by atoms with Crippen molar-refractivity contribution in [3.63, 3.8) is 0 Å². The summed E-state index contributed by atoms with van der Waals surface area (Å²) >= 11 is 0. The summed E-state index contributed by atoms with van der Waals surface area (Å²) in [6.07, 6.45) is 1.89. The molecule has 7 nitrogen and oxygen atoms in total. The third-order valence-corrected chi connectivity index (χ3v) is 4.10. The topological polar surface area (TPSA) is 101 Å². The van der Waals surface area contributed by atoms with Crippen LogP contribution in [0.3, 0.4) is 0 Å². The Morgan fingerprint density at radius 3 is 2.48 bits per heavy atom. The fourth-order valence-corrected chi connectivity index (χ4v) is 2.58. The minimum Gasteiger partial charge on any atom is -0.322 e. The number of ketones is 1. The van der Waals surface area contributed by atoms with E-state index in [1.54, 1.807) is 48.5 Å². The number of hydrogen-bond donors (Lipinski definition) is 2. The maximum absolute atomic E-state index is 12.4. The smallest absolute Gasteiger partial charge is 0.255 e. The first-order chi connectivity index (χ1) is 12.2. The first-order valence-electron chi connectivity index (χ1n) is 8.00. The van der Waals surface area contributed by atoms with Gasteiger partial charge < -0.3 is 5.32 Å². The molecule has 2 aromatic carbocycles. The number of carbonyl (C=O) groups is 2. The molecular formula is C18H15N5O2. The van der Waals surface area contributed by atoms with Gasteiger partial charge in [0.05, 0.1) is 0 Å². The van der Waals surface area contributed by atoms with Crippen molar-refractivity contribution in [2.75, 3.05) is 5.32 Å². The first-order valence-corrected chi connectivity index (χ1v) is 8.00. The van der Waals surface area contributed by atoms with E-state index in [0.29, 0.717) is 22.6 Å². The molecule has 0 saturated heterocycles. The Balaban J connectivity index is 1.48. The molecule has 3 aromatic rings. The number of carbonyl (C=O) groups excluding carboxylic acids is 2. The van der Waals surface area contributed by atoms with Gasteiger partial charge in [0.1, 0.15) is 0 Å². The van der Waals surface area contributed by atoms with Crippen molar-refractivity contribution in [3.05, 3.63) is 59.7 Å². The van der Waals surface area contributed by atoms with Crippen LogP contribution in [0.15, 0.2) is 48.5 Å². The molecule has 25 heavy (non-hydrogen) atoms. The van der Waals surface area contributed by atoms with Gasteiger partial charge >= 0.3 is 0 Å². The number of Topliss-reactive ketones (excluding diaryl/α,β-unsaturated/α-hetero) is 1. The van der Waals surface area contributed by atoms with Gasteiger partial charge in [0.2, 0.25) is 5.82 Å². The second kappa shape index (κ2) is 6.27. The minimum atomic E-state index is -0.252. The van der Waals surface area contributed by atoms with Crippen LogP contribution in [0.25, 0.3) is 11.4 Å². The zero-order chi connectivity index (χ0) is 17.2. The van der Waals surface area contributed by atoms with Crippen LogP contribution in [-0.2, 0) is 0 Å². The summed E-state index contributed by atoms with van der Waals surface area (Å²) in [5, 5.41) is 16.5. The maximum Gasteiger partial charge on any atom is 0.255 e. The quantitative estimate of drug-likeness (QED) is 0.699. The summed E-state index contributed by atoms with van der Waals surface area (Å²) in [5.74, 6) is 0.497. The molecule has 4 rings (SSSR count). The summed E-state index contributed by atoms with van der Waals surface area (Å²) in [7, 11) is 0. The molecule has 0 unspecified atom stereocenters. The van der Waals surface area contributed by atoms with Gasteiger partial charge in [0, 0.05) is 28.3 Å². The maximum atomic E-state index is 12.4. The Morgan fingerprint density at radius 2 is 1.80 bits per heavy atom. The van der Waals surface area contributed by atoms with E-state index in [0.717, 1.165) is 18.4 Å². The lowest BCUT2D eigenvalue weighted by Gasteiger charge is -2.07. The fraction of sp³-hybridized carbons (Fsp3) is 0.167. The molecule has 1 fully saturated rings. The zero-order valence-corrected chi connectivity index (χ0v) is 13.3. The molecule has 1 aromatic heterocycles. The summed E-state index contributed by atoms with van der Waals surface area (Å²) in [5.41, 5.74) is 2.51. The number of H-pyrrole nitrogens is 1. The van der Waals surface area contributed by atoms with Crippen molar-refractivity contribution < 1.29 is 9.59 Å². The van der Waals surface area contributed by atoms with Crippen LogP contribution in [0.5, 0.6) is 0 Å². The molecule has 7 heteroatoms.